The van der Waals surface area contributed by atoms with Crippen LogP contribution in [-0.4, -0.2) is 19.3 Å². The van der Waals surface area contributed by atoms with Gasteiger partial charge in [-0.25, -0.2) is 4.39 Å². The zero-order valence-electron chi connectivity index (χ0n) is 9.82. The van der Waals surface area contributed by atoms with Crippen molar-refractivity contribution in [3.8, 4) is 0 Å². The molecule has 1 N–H and O–H groups in total. The van der Waals surface area contributed by atoms with Crippen LogP contribution in [0.3, 0.4) is 0 Å². The highest BCUT2D eigenvalue weighted by Crippen LogP contribution is 2.19. The standard InChI is InChI=1S/C12H14BrF4N/c1-8(6-18-7-12(15,16)17)4-9-5-10(13)2-3-11(9)14/h2-3,5,8,18H,4,6-7H2,1H3. The fourth-order valence-corrected chi connectivity index (χ4v) is 2.02. The molecule has 18 heavy (non-hydrogen) atoms. The molecule has 0 saturated carbocycles. The average molecular weight is 328 g/mol. The van der Waals surface area contributed by atoms with Gasteiger partial charge in [0.15, 0.2) is 0 Å². The van der Waals surface area contributed by atoms with Crippen molar-refractivity contribution >= 4 is 15.9 Å². The fourth-order valence-electron chi connectivity index (χ4n) is 1.61. The van der Waals surface area contributed by atoms with E-state index in [2.05, 4.69) is 21.2 Å². The minimum atomic E-state index is -4.21. The number of alkyl halides is 3. The van der Waals surface area contributed by atoms with Gasteiger partial charge in [0.25, 0.3) is 0 Å². The van der Waals surface area contributed by atoms with Gasteiger partial charge in [-0.2, -0.15) is 13.2 Å². The molecule has 1 atom stereocenters. The Kier molecular flexibility index (Phi) is 5.59. The van der Waals surface area contributed by atoms with E-state index in [1.165, 1.54) is 6.07 Å². The van der Waals surface area contributed by atoms with E-state index in [1.807, 2.05) is 0 Å². The van der Waals surface area contributed by atoms with Gasteiger partial charge in [0.2, 0.25) is 0 Å². The Balaban J connectivity index is 2.44. The molecule has 0 radical (unpaired) electrons. The van der Waals surface area contributed by atoms with E-state index >= 15 is 0 Å². The SMILES string of the molecule is CC(CNCC(F)(F)F)Cc1cc(Br)ccc1F. The molecule has 1 unspecified atom stereocenters. The van der Waals surface area contributed by atoms with Crippen LogP contribution in [0.5, 0.6) is 0 Å². The van der Waals surface area contributed by atoms with Gasteiger partial charge in [0.05, 0.1) is 6.54 Å². The van der Waals surface area contributed by atoms with Gasteiger partial charge in [0, 0.05) is 4.47 Å². The van der Waals surface area contributed by atoms with E-state index in [4.69, 9.17) is 0 Å². The molecule has 0 fully saturated rings. The lowest BCUT2D eigenvalue weighted by Crippen LogP contribution is -2.32. The predicted molar refractivity (Wildman–Crippen MR) is 65.9 cm³/mol. The third-order valence-electron chi connectivity index (χ3n) is 2.39. The number of halogens is 5. The molecule has 0 aliphatic heterocycles. The van der Waals surface area contributed by atoms with Crippen LogP contribution in [0.4, 0.5) is 17.6 Å². The maximum absolute atomic E-state index is 13.4. The predicted octanol–water partition coefficient (Wildman–Crippen LogP) is 3.92. The second-order valence-corrected chi connectivity index (χ2v) is 5.21. The number of nitrogens with one attached hydrogen (secondary N) is 1. The van der Waals surface area contributed by atoms with Crippen LogP contribution >= 0.6 is 15.9 Å². The molecule has 1 rings (SSSR count). The third kappa shape index (κ3) is 5.82. The Hall–Kier alpha value is -0.620. The van der Waals surface area contributed by atoms with Crippen molar-refractivity contribution in [2.24, 2.45) is 5.92 Å². The lowest BCUT2D eigenvalue weighted by atomic mass is 10.0. The summed E-state index contributed by atoms with van der Waals surface area (Å²) in [6, 6.07) is 4.58. The Labute approximate surface area is 112 Å². The first-order valence-corrected chi connectivity index (χ1v) is 6.28. The van der Waals surface area contributed by atoms with Crippen LogP contribution in [0.2, 0.25) is 0 Å². The van der Waals surface area contributed by atoms with Crippen molar-refractivity contribution in [2.45, 2.75) is 19.5 Å². The van der Waals surface area contributed by atoms with Crippen molar-refractivity contribution in [1.82, 2.24) is 5.32 Å². The summed E-state index contributed by atoms with van der Waals surface area (Å²) in [6.07, 6.45) is -3.81. The van der Waals surface area contributed by atoms with Gasteiger partial charge in [-0.15, -0.1) is 0 Å². The largest absolute Gasteiger partial charge is 0.401 e. The lowest BCUT2D eigenvalue weighted by Gasteiger charge is -2.14. The molecule has 1 nitrogen and oxygen atoms in total. The van der Waals surface area contributed by atoms with E-state index in [1.54, 1.807) is 19.1 Å². The van der Waals surface area contributed by atoms with Crippen LogP contribution in [0, 0.1) is 11.7 Å². The summed E-state index contributed by atoms with van der Waals surface area (Å²) in [5.74, 6) is -0.406. The smallest absolute Gasteiger partial charge is 0.308 e. The first-order valence-electron chi connectivity index (χ1n) is 5.49. The second kappa shape index (κ2) is 6.52. The van der Waals surface area contributed by atoms with Crippen LogP contribution in [0.15, 0.2) is 22.7 Å². The molecule has 0 aromatic heterocycles. The molecule has 0 spiro atoms. The highest BCUT2D eigenvalue weighted by Gasteiger charge is 2.26. The first kappa shape index (κ1) is 15.4. The Morgan fingerprint density at radius 1 is 1.33 bits per heavy atom. The van der Waals surface area contributed by atoms with Crippen LogP contribution < -0.4 is 5.32 Å². The van der Waals surface area contributed by atoms with Crippen LogP contribution in [0.25, 0.3) is 0 Å². The average Bonchev–Trinajstić information content (AvgIpc) is 2.21. The molecular weight excluding hydrogens is 314 g/mol. The Morgan fingerprint density at radius 3 is 2.61 bits per heavy atom. The maximum Gasteiger partial charge on any atom is 0.401 e. The molecule has 0 amide bonds. The Morgan fingerprint density at radius 2 is 2.00 bits per heavy atom. The zero-order chi connectivity index (χ0) is 13.8. The van der Waals surface area contributed by atoms with Crippen molar-refractivity contribution in [3.63, 3.8) is 0 Å². The van der Waals surface area contributed by atoms with Crippen LogP contribution in [0.1, 0.15) is 12.5 Å². The minimum Gasteiger partial charge on any atom is -0.308 e. The Bertz CT molecular complexity index is 392. The molecule has 0 aliphatic rings. The quantitative estimate of drug-likeness (QED) is 0.808. The van der Waals surface area contributed by atoms with E-state index in [-0.39, 0.29) is 18.3 Å². The van der Waals surface area contributed by atoms with E-state index in [0.717, 1.165) is 4.47 Å². The summed E-state index contributed by atoms with van der Waals surface area (Å²) in [4.78, 5) is 0. The lowest BCUT2D eigenvalue weighted by molar-refractivity contribution is -0.125. The van der Waals surface area contributed by atoms with Gasteiger partial charge < -0.3 is 5.32 Å². The monoisotopic (exact) mass is 327 g/mol. The number of hydrogen-bond acceptors (Lipinski definition) is 1. The molecule has 0 aliphatic carbocycles. The fraction of sp³-hybridized carbons (Fsp3) is 0.500. The normalized spacial score (nSPS) is 13.7. The van der Waals surface area contributed by atoms with E-state index in [9.17, 15) is 17.6 Å². The van der Waals surface area contributed by atoms with Crippen molar-refractivity contribution in [3.05, 3.63) is 34.1 Å². The topological polar surface area (TPSA) is 12.0 Å². The van der Waals surface area contributed by atoms with Crippen molar-refractivity contribution in [1.29, 1.82) is 0 Å². The summed E-state index contributed by atoms with van der Waals surface area (Å²) in [5.41, 5.74) is 0.505. The minimum absolute atomic E-state index is 0.0730. The number of benzene rings is 1. The molecule has 0 saturated heterocycles. The van der Waals surface area contributed by atoms with Gasteiger partial charge in [-0.05, 0) is 42.6 Å². The van der Waals surface area contributed by atoms with E-state index in [0.29, 0.717) is 12.0 Å². The third-order valence-corrected chi connectivity index (χ3v) is 2.89. The first-order chi connectivity index (χ1) is 8.28. The molecule has 1 aromatic carbocycles. The molecule has 0 bridgehead atoms. The second-order valence-electron chi connectivity index (χ2n) is 4.29. The highest BCUT2D eigenvalue weighted by molar-refractivity contribution is 9.10. The van der Waals surface area contributed by atoms with Gasteiger partial charge in [-0.1, -0.05) is 22.9 Å². The summed E-state index contributed by atoms with van der Waals surface area (Å²) in [5, 5.41) is 2.32. The number of rotatable bonds is 5. The number of hydrogen-bond donors (Lipinski definition) is 1. The van der Waals surface area contributed by atoms with Crippen molar-refractivity contribution < 1.29 is 17.6 Å². The summed E-state index contributed by atoms with van der Waals surface area (Å²) < 4.78 is 49.9. The molecule has 0 heterocycles. The molecular formula is C12H14BrF4N. The van der Waals surface area contributed by atoms with Gasteiger partial charge in [-0.3, -0.25) is 0 Å². The summed E-state index contributed by atoms with van der Waals surface area (Å²) in [6.45, 7) is 0.966. The van der Waals surface area contributed by atoms with Crippen LogP contribution in [-0.2, 0) is 6.42 Å². The van der Waals surface area contributed by atoms with Gasteiger partial charge in [0.1, 0.15) is 5.82 Å². The molecule has 102 valence electrons. The molecule has 6 heteroatoms. The summed E-state index contributed by atoms with van der Waals surface area (Å²) in [7, 11) is 0. The highest BCUT2D eigenvalue weighted by atomic mass is 79.9. The van der Waals surface area contributed by atoms with Crippen molar-refractivity contribution in [2.75, 3.05) is 13.1 Å². The zero-order valence-corrected chi connectivity index (χ0v) is 11.4. The summed E-state index contributed by atoms with van der Waals surface area (Å²) >= 11 is 3.23. The van der Waals surface area contributed by atoms with E-state index < -0.39 is 12.7 Å². The maximum atomic E-state index is 13.4. The van der Waals surface area contributed by atoms with Gasteiger partial charge >= 0.3 is 6.18 Å². The molecule has 1 aromatic rings.